The summed E-state index contributed by atoms with van der Waals surface area (Å²) in [5.74, 6) is -1.44. The van der Waals surface area contributed by atoms with Gasteiger partial charge in [-0.15, -0.1) is 0 Å². The van der Waals surface area contributed by atoms with E-state index in [-0.39, 0.29) is 22.7 Å². The van der Waals surface area contributed by atoms with Crippen LogP contribution in [0.5, 0.6) is 11.5 Å². The number of carbonyl (C=O) groups is 1. The minimum atomic E-state index is -0.890. The highest BCUT2D eigenvalue weighted by atomic mass is 16.6. The number of aromatic nitrogens is 3. The van der Waals surface area contributed by atoms with Gasteiger partial charge in [-0.1, -0.05) is 0 Å². The van der Waals surface area contributed by atoms with Crippen molar-refractivity contribution in [3.8, 4) is 22.8 Å². The fourth-order valence-corrected chi connectivity index (χ4v) is 1.62. The van der Waals surface area contributed by atoms with E-state index < -0.39 is 22.3 Å². The van der Waals surface area contributed by atoms with Gasteiger partial charge in [0.15, 0.2) is 5.69 Å². The Kier molecular flexibility index (Phi) is 3.21. The molecular formula is C10H9N5O5. The third-order valence-corrected chi connectivity index (χ3v) is 2.53. The summed E-state index contributed by atoms with van der Waals surface area (Å²) in [6.45, 7) is 0. The van der Waals surface area contributed by atoms with Gasteiger partial charge in [-0.3, -0.25) is 14.9 Å². The number of nitro groups is 1. The number of amides is 1. The van der Waals surface area contributed by atoms with Crippen molar-refractivity contribution in [1.29, 1.82) is 0 Å². The maximum Gasteiger partial charge on any atom is 0.315 e. The number of nitrogens with one attached hydrogen (secondary N) is 1. The highest BCUT2D eigenvalue weighted by Gasteiger charge is 2.25. The predicted molar refractivity (Wildman–Crippen MR) is 65.2 cm³/mol. The lowest BCUT2D eigenvalue weighted by Gasteiger charge is -2.06. The van der Waals surface area contributed by atoms with Gasteiger partial charge in [0.1, 0.15) is 11.4 Å². The Labute approximate surface area is 111 Å². The Balaban J connectivity index is 2.73. The molecule has 1 aromatic carbocycles. The molecule has 2 aromatic rings. The van der Waals surface area contributed by atoms with Gasteiger partial charge in [-0.2, -0.15) is 15.4 Å². The smallest absolute Gasteiger partial charge is 0.315 e. The number of carbonyl (C=O) groups excluding carboxylic acids is 1. The molecule has 2 rings (SSSR count). The molecule has 4 N–H and O–H groups in total. The Hall–Kier alpha value is -3.17. The third-order valence-electron chi connectivity index (χ3n) is 2.53. The van der Waals surface area contributed by atoms with Crippen LogP contribution in [0.4, 0.5) is 5.69 Å². The van der Waals surface area contributed by atoms with Crippen molar-refractivity contribution >= 4 is 11.6 Å². The van der Waals surface area contributed by atoms with Gasteiger partial charge in [-0.05, 0) is 6.07 Å². The second kappa shape index (κ2) is 4.84. The molecule has 0 fully saturated rings. The molecule has 0 saturated heterocycles. The number of phenolic OH excluding ortho intramolecular Hbond substituents is 1. The Morgan fingerprint density at radius 3 is 2.75 bits per heavy atom. The molecule has 0 aliphatic carbocycles. The first kappa shape index (κ1) is 13.3. The maximum atomic E-state index is 11.2. The molecule has 0 atom stereocenters. The number of nitro benzene ring substituents is 1. The topological polar surface area (TPSA) is 157 Å². The number of aromatic hydroxyl groups is 1. The lowest BCUT2D eigenvalue weighted by Crippen LogP contribution is -2.12. The van der Waals surface area contributed by atoms with E-state index in [1.54, 1.807) is 0 Å². The zero-order valence-corrected chi connectivity index (χ0v) is 10.2. The van der Waals surface area contributed by atoms with Crippen LogP contribution in [0.1, 0.15) is 10.5 Å². The van der Waals surface area contributed by atoms with Crippen molar-refractivity contribution < 1.29 is 19.6 Å². The second-order valence-electron chi connectivity index (χ2n) is 3.68. The molecule has 0 unspecified atom stereocenters. The highest BCUT2D eigenvalue weighted by molar-refractivity contribution is 5.97. The molecule has 10 nitrogen and oxygen atoms in total. The van der Waals surface area contributed by atoms with E-state index in [1.165, 1.54) is 13.2 Å². The number of benzene rings is 1. The summed E-state index contributed by atoms with van der Waals surface area (Å²) in [4.78, 5) is 21.3. The summed E-state index contributed by atoms with van der Waals surface area (Å²) < 4.78 is 4.91. The van der Waals surface area contributed by atoms with Gasteiger partial charge in [0.05, 0.1) is 23.7 Å². The predicted octanol–water partition coefficient (Wildman–Crippen LogP) is 0.193. The number of H-pyrrole nitrogens is 1. The molecule has 0 spiro atoms. The van der Waals surface area contributed by atoms with Crippen molar-refractivity contribution in [2.24, 2.45) is 5.73 Å². The van der Waals surface area contributed by atoms with Crippen molar-refractivity contribution in [3.63, 3.8) is 0 Å². The van der Waals surface area contributed by atoms with Crippen molar-refractivity contribution in [1.82, 2.24) is 15.4 Å². The lowest BCUT2D eigenvalue weighted by molar-refractivity contribution is -0.385. The lowest BCUT2D eigenvalue weighted by atomic mass is 10.1. The summed E-state index contributed by atoms with van der Waals surface area (Å²) in [5.41, 5.74) is 4.09. The van der Waals surface area contributed by atoms with Crippen molar-refractivity contribution in [2.75, 3.05) is 7.11 Å². The third kappa shape index (κ3) is 2.09. The fourth-order valence-electron chi connectivity index (χ4n) is 1.62. The molecule has 0 aliphatic rings. The molecule has 104 valence electrons. The normalized spacial score (nSPS) is 10.2. The van der Waals surface area contributed by atoms with Crippen LogP contribution in [0.2, 0.25) is 0 Å². The summed E-state index contributed by atoms with van der Waals surface area (Å²) >= 11 is 0. The standard InChI is InChI=1S/C10H9N5O5/c1-20-4-2-5(9(16)6(3-4)15(18)19)7-8(10(11)17)13-14-12-7/h2-3,16H,1H3,(H2,11,17)(H,12,13,14). The van der Waals surface area contributed by atoms with E-state index in [4.69, 9.17) is 10.5 Å². The van der Waals surface area contributed by atoms with Crippen LogP contribution < -0.4 is 10.5 Å². The number of phenols is 1. The molecule has 1 heterocycles. The number of ether oxygens (including phenoxy) is 1. The summed E-state index contributed by atoms with van der Waals surface area (Å²) in [6.07, 6.45) is 0. The van der Waals surface area contributed by atoms with E-state index in [0.29, 0.717) is 0 Å². The zero-order chi connectivity index (χ0) is 14.9. The second-order valence-corrected chi connectivity index (χ2v) is 3.68. The van der Waals surface area contributed by atoms with Gasteiger partial charge in [-0.25, -0.2) is 0 Å². The van der Waals surface area contributed by atoms with Crippen LogP contribution >= 0.6 is 0 Å². The average molecular weight is 279 g/mol. The average Bonchev–Trinajstić information content (AvgIpc) is 2.87. The van der Waals surface area contributed by atoms with Crippen LogP contribution in [0.25, 0.3) is 11.3 Å². The Morgan fingerprint density at radius 2 is 2.20 bits per heavy atom. The monoisotopic (exact) mass is 279 g/mol. The number of aromatic amines is 1. The Bertz CT molecular complexity index is 695. The summed E-state index contributed by atoms with van der Waals surface area (Å²) in [6, 6.07) is 2.33. The first-order valence-corrected chi connectivity index (χ1v) is 5.22. The van der Waals surface area contributed by atoms with Crippen LogP contribution in [-0.2, 0) is 0 Å². The van der Waals surface area contributed by atoms with Crippen molar-refractivity contribution in [3.05, 3.63) is 27.9 Å². The number of hydrogen-bond acceptors (Lipinski definition) is 7. The Morgan fingerprint density at radius 1 is 1.50 bits per heavy atom. The number of nitrogens with zero attached hydrogens (tertiary/aromatic N) is 3. The maximum absolute atomic E-state index is 11.2. The summed E-state index contributed by atoms with van der Waals surface area (Å²) in [7, 11) is 1.30. The number of rotatable bonds is 4. The molecule has 10 heteroatoms. The van der Waals surface area contributed by atoms with E-state index in [1.807, 2.05) is 0 Å². The minimum absolute atomic E-state index is 0.0846. The van der Waals surface area contributed by atoms with Gasteiger partial charge in [0.25, 0.3) is 5.91 Å². The van der Waals surface area contributed by atoms with Gasteiger partial charge < -0.3 is 15.6 Å². The van der Waals surface area contributed by atoms with Crippen LogP contribution in [-0.4, -0.2) is 38.5 Å². The quantitative estimate of drug-likeness (QED) is 0.532. The van der Waals surface area contributed by atoms with E-state index in [9.17, 15) is 20.0 Å². The number of primary amides is 1. The van der Waals surface area contributed by atoms with Crippen LogP contribution in [0.3, 0.4) is 0 Å². The molecule has 0 bridgehead atoms. The largest absolute Gasteiger partial charge is 0.502 e. The number of nitrogens with two attached hydrogens (primary N) is 1. The van der Waals surface area contributed by atoms with Gasteiger partial charge in [0.2, 0.25) is 5.75 Å². The fraction of sp³-hybridized carbons (Fsp3) is 0.100. The minimum Gasteiger partial charge on any atom is -0.502 e. The summed E-state index contributed by atoms with van der Waals surface area (Å²) in [5, 5.41) is 30.2. The first-order valence-electron chi connectivity index (χ1n) is 5.22. The SMILES string of the molecule is COc1cc(-c2n[nH]nc2C(N)=O)c(O)c([N+](=O)[O-])c1. The molecule has 0 aliphatic heterocycles. The molecule has 0 radical (unpaired) electrons. The molecule has 0 saturated carbocycles. The van der Waals surface area contributed by atoms with Crippen molar-refractivity contribution in [2.45, 2.75) is 0 Å². The van der Waals surface area contributed by atoms with Gasteiger partial charge in [0, 0.05) is 0 Å². The van der Waals surface area contributed by atoms with Gasteiger partial charge >= 0.3 is 5.69 Å². The van der Waals surface area contributed by atoms with Crippen LogP contribution in [0.15, 0.2) is 12.1 Å². The van der Waals surface area contributed by atoms with E-state index >= 15 is 0 Å². The van der Waals surface area contributed by atoms with E-state index in [0.717, 1.165) is 6.07 Å². The molecule has 1 amide bonds. The molecular weight excluding hydrogens is 270 g/mol. The van der Waals surface area contributed by atoms with Crippen LogP contribution in [0, 0.1) is 10.1 Å². The van der Waals surface area contributed by atoms with E-state index in [2.05, 4.69) is 15.4 Å². The molecule has 20 heavy (non-hydrogen) atoms. The first-order chi connectivity index (χ1) is 9.45. The zero-order valence-electron chi connectivity index (χ0n) is 10.2. The number of methoxy groups -OCH3 is 1. The molecule has 1 aromatic heterocycles. The number of hydrogen-bond donors (Lipinski definition) is 3. The highest BCUT2D eigenvalue weighted by Crippen LogP contribution is 2.40.